The van der Waals surface area contributed by atoms with Gasteiger partial charge in [-0.25, -0.2) is 4.68 Å². The van der Waals surface area contributed by atoms with Gasteiger partial charge in [0.05, 0.1) is 5.69 Å². The summed E-state index contributed by atoms with van der Waals surface area (Å²) in [5.74, 6) is 0.610. The van der Waals surface area contributed by atoms with Crippen molar-refractivity contribution in [3.63, 3.8) is 0 Å². The summed E-state index contributed by atoms with van der Waals surface area (Å²) in [5.41, 5.74) is 2.75. The Morgan fingerprint density at radius 3 is 2.65 bits per heavy atom. The number of benzene rings is 1. The first-order valence-corrected chi connectivity index (χ1v) is 6.85. The summed E-state index contributed by atoms with van der Waals surface area (Å²) in [6, 6.07) is 9.67. The molecule has 1 unspecified atom stereocenters. The van der Waals surface area contributed by atoms with E-state index in [-0.39, 0.29) is 5.91 Å². The van der Waals surface area contributed by atoms with Crippen LogP contribution in [0, 0.1) is 13.8 Å². The first-order valence-electron chi connectivity index (χ1n) is 6.85. The van der Waals surface area contributed by atoms with E-state index < -0.39 is 6.10 Å². The molecule has 0 saturated carbocycles. The van der Waals surface area contributed by atoms with E-state index in [1.807, 2.05) is 44.2 Å². The van der Waals surface area contributed by atoms with Crippen LogP contribution >= 0.6 is 0 Å². The van der Waals surface area contributed by atoms with Crippen LogP contribution in [0.2, 0.25) is 0 Å². The quantitative estimate of drug-likeness (QED) is 0.858. The van der Waals surface area contributed by atoms with E-state index in [0.29, 0.717) is 0 Å². The molecule has 0 radical (unpaired) electrons. The predicted octanol–water partition coefficient (Wildman–Crippen LogP) is 3.17. The Balaban J connectivity index is 2.17. The standard InChI is InChI=1S/C16H20N2O2/c1-5-14-8-6-7-9-15(14)20-13(4)16(19)18-12(3)10-11(2)17-18/h6-10,13H,5H2,1-4H3. The summed E-state index contributed by atoms with van der Waals surface area (Å²) in [5, 5.41) is 4.20. The van der Waals surface area contributed by atoms with Gasteiger partial charge in [-0.2, -0.15) is 5.10 Å². The average Bonchev–Trinajstić information content (AvgIpc) is 2.77. The van der Waals surface area contributed by atoms with Crippen LogP contribution < -0.4 is 4.74 Å². The maximum absolute atomic E-state index is 12.4. The van der Waals surface area contributed by atoms with Crippen molar-refractivity contribution < 1.29 is 9.53 Å². The van der Waals surface area contributed by atoms with Crippen LogP contribution in [-0.2, 0) is 6.42 Å². The van der Waals surface area contributed by atoms with Gasteiger partial charge in [-0.3, -0.25) is 4.79 Å². The normalized spacial score (nSPS) is 12.2. The van der Waals surface area contributed by atoms with Crippen molar-refractivity contribution in [1.82, 2.24) is 9.78 Å². The van der Waals surface area contributed by atoms with Gasteiger partial charge in [0, 0.05) is 5.69 Å². The molecule has 4 nitrogen and oxygen atoms in total. The van der Waals surface area contributed by atoms with Crippen LogP contribution in [0.15, 0.2) is 30.3 Å². The smallest absolute Gasteiger partial charge is 0.287 e. The topological polar surface area (TPSA) is 44.1 Å². The van der Waals surface area contributed by atoms with E-state index in [4.69, 9.17) is 4.74 Å². The highest BCUT2D eigenvalue weighted by molar-refractivity contribution is 5.83. The Morgan fingerprint density at radius 1 is 1.35 bits per heavy atom. The molecule has 1 heterocycles. The van der Waals surface area contributed by atoms with Crippen LogP contribution in [0.4, 0.5) is 0 Å². The lowest BCUT2D eigenvalue weighted by molar-refractivity contribution is 0.0706. The molecule has 1 aromatic heterocycles. The number of hydrogen-bond donors (Lipinski definition) is 0. The molecule has 4 heteroatoms. The molecule has 2 aromatic rings. The first kappa shape index (κ1) is 14.3. The molecule has 0 bridgehead atoms. The minimum atomic E-state index is -0.569. The summed E-state index contributed by atoms with van der Waals surface area (Å²) in [7, 11) is 0. The lowest BCUT2D eigenvalue weighted by atomic mass is 10.1. The van der Waals surface area contributed by atoms with Crippen LogP contribution in [0.5, 0.6) is 5.75 Å². The van der Waals surface area contributed by atoms with E-state index >= 15 is 0 Å². The van der Waals surface area contributed by atoms with E-state index in [9.17, 15) is 4.79 Å². The highest BCUT2D eigenvalue weighted by Gasteiger charge is 2.20. The molecule has 0 aliphatic rings. The number of para-hydroxylation sites is 1. The Labute approximate surface area is 119 Å². The van der Waals surface area contributed by atoms with Crippen LogP contribution in [0.3, 0.4) is 0 Å². The highest BCUT2D eigenvalue weighted by atomic mass is 16.5. The Bertz CT molecular complexity index is 617. The third-order valence-electron chi connectivity index (χ3n) is 3.22. The predicted molar refractivity (Wildman–Crippen MR) is 78.2 cm³/mol. The SMILES string of the molecule is CCc1ccccc1OC(C)C(=O)n1nc(C)cc1C. The maximum atomic E-state index is 12.4. The van der Waals surface area contributed by atoms with Crippen LogP contribution in [0.1, 0.15) is 35.6 Å². The van der Waals surface area contributed by atoms with Crippen molar-refractivity contribution in [2.75, 3.05) is 0 Å². The van der Waals surface area contributed by atoms with Gasteiger partial charge in [-0.15, -0.1) is 0 Å². The zero-order valence-electron chi connectivity index (χ0n) is 12.4. The monoisotopic (exact) mass is 272 g/mol. The summed E-state index contributed by atoms with van der Waals surface area (Å²) >= 11 is 0. The molecular formula is C16H20N2O2. The lowest BCUT2D eigenvalue weighted by Crippen LogP contribution is -2.31. The summed E-state index contributed by atoms with van der Waals surface area (Å²) < 4.78 is 7.22. The van der Waals surface area contributed by atoms with Gasteiger partial charge in [0.15, 0.2) is 6.10 Å². The van der Waals surface area contributed by atoms with Gasteiger partial charge in [-0.05, 0) is 44.9 Å². The molecule has 0 fully saturated rings. The number of rotatable bonds is 4. The molecule has 1 aromatic carbocycles. The number of aryl methyl sites for hydroxylation is 3. The van der Waals surface area contributed by atoms with Crippen molar-refractivity contribution in [1.29, 1.82) is 0 Å². The zero-order chi connectivity index (χ0) is 14.7. The second kappa shape index (κ2) is 5.90. The van der Waals surface area contributed by atoms with Crippen molar-refractivity contribution in [2.24, 2.45) is 0 Å². The zero-order valence-corrected chi connectivity index (χ0v) is 12.4. The second-order valence-electron chi connectivity index (χ2n) is 4.90. The highest BCUT2D eigenvalue weighted by Crippen LogP contribution is 2.20. The molecule has 2 rings (SSSR count). The third-order valence-corrected chi connectivity index (χ3v) is 3.22. The molecule has 0 N–H and O–H groups in total. The molecule has 106 valence electrons. The maximum Gasteiger partial charge on any atom is 0.287 e. The fourth-order valence-corrected chi connectivity index (χ4v) is 2.18. The summed E-state index contributed by atoms with van der Waals surface area (Å²) in [6.45, 7) is 7.56. The van der Waals surface area contributed by atoms with Crippen molar-refractivity contribution >= 4 is 5.91 Å². The van der Waals surface area contributed by atoms with Crippen LogP contribution in [-0.4, -0.2) is 21.8 Å². The van der Waals surface area contributed by atoms with Gasteiger partial charge in [0.1, 0.15) is 5.75 Å². The molecule has 0 aliphatic carbocycles. The number of carbonyl (C=O) groups excluding carboxylic acids is 1. The number of hydrogen-bond acceptors (Lipinski definition) is 3. The van der Waals surface area contributed by atoms with Gasteiger partial charge in [0.2, 0.25) is 0 Å². The molecule has 0 aliphatic heterocycles. The van der Waals surface area contributed by atoms with E-state index in [1.54, 1.807) is 6.92 Å². The Hall–Kier alpha value is -2.10. The second-order valence-corrected chi connectivity index (χ2v) is 4.90. The van der Waals surface area contributed by atoms with Gasteiger partial charge in [-0.1, -0.05) is 25.1 Å². The molecule has 1 atom stereocenters. The molecule has 0 saturated heterocycles. The van der Waals surface area contributed by atoms with Crippen molar-refractivity contribution in [3.8, 4) is 5.75 Å². The minimum Gasteiger partial charge on any atom is -0.481 e. The summed E-state index contributed by atoms with van der Waals surface area (Å²) in [4.78, 5) is 12.4. The van der Waals surface area contributed by atoms with Crippen LogP contribution in [0.25, 0.3) is 0 Å². The minimum absolute atomic E-state index is 0.151. The Kier molecular flexibility index (Phi) is 4.23. The van der Waals surface area contributed by atoms with Gasteiger partial charge < -0.3 is 4.74 Å². The van der Waals surface area contributed by atoms with Crippen molar-refractivity contribution in [3.05, 3.63) is 47.3 Å². The largest absolute Gasteiger partial charge is 0.481 e. The van der Waals surface area contributed by atoms with Gasteiger partial charge >= 0.3 is 0 Å². The first-order chi connectivity index (χ1) is 9.52. The number of carbonyl (C=O) groups is 1. The Morgan fingerprint density at radius 2 is 2.05 bits per heavy atom. The molecule has 20 heavy (non-hydrogen) atoms. The molecule has 0 spiro atoms. The molecule has 0 amide bonds. The average molecular weight is 272 g/mol. The van der Waals surface area contributed by atoms with E-state index in [0.717, 1.165) is 29.1 Å². The van der Waals surface area contributed by atoms with E-state index in [1.165, 1.54) is 4.68 Å². The number of nitrogens with zero attached hydrogens (tertiary/aromatic N) is 2. The fraction of sp³-hybridized carbons (Fsp3) is 0.375. The number of ether oxygens (including phenoxy) is 1. The van der Waals surface area contributed by atoms with E-state index in [2.05, 4.69) is 12.0 Å². The summed E-state index contributed by atoms with van der Waals surface area (Å²) in [6.07, 6.45) is 0.303. The number of aromatic nitrogens is 2. The molecular weight excluding hydrogens is 252 g/mol. The third kappa shape index (κ3) is 2.90. The lowest BCUT2D eigenvalue weighted by Gasteiger charge is -2.16. The van der Waals surface area contributed by atoms with Gasteiger partial charge in [0.25, 0.3) is 5.91 Å². The fourth-order valence-electron chi connectivity index (χ4n) is 2.18. The van der Waals surface area contributed by atoms with Crippen molar-refractivity contribution in [2.45, 2.75) is 40.2 Å².